The topological polar surface area (TPSA) is 36.4 Å². The monoisotopic (exact) mass is 327 g/mol. The molecule has 126 valence electrons. The van der Waals surface area contributed by atoms with Gasteiger partial charge in [-0.1, -0.05) is 12.1 Å². The smallest absolute Gasteiger partial charge is 0.254 e. The first-order valence-corrected chi connectivity index (χ1v) is 8.22. The Morgan fingerprint density at radius 2 is 2.00 bits per heavy atom. The van der Waals surface area contributed by atoms with Crippen LogP contribution in [0.5, 0.6) is 0 Å². The molecule has 3 rings (SSSR count). The lowest BCUT2D eigenvalue weighted by molar-refractivity contribution is 0.0707. The van der Waals surface area contributed by atoms with Gasteiger partial charge in [-0.3, -0.25) is 4.79 Å². The number of carbonyl (C=O) groups is 1. The predicted molar refractivity (Wildman–Crippen MR) is 92.8 cm³/mol. The summed E-state index contributed by atoms with van der Waals surface area (Å²) < 4.78 is 13.1. The molecule has 0 aliphatic carbocycles. The van der Waals surface area contributed by atoms with Crippen molar-refractivity contribution in [3.8, 4) is 0 Å². The number of hydrogen-bond donors (Lipinski definition) is 0. The molecular formula is C19H22FN3O. The minimum Gasteiger partial charge on any atom is -0.363 e. The van der Waals surface area contributed by atoms with Crippen LogP contribution in [0, 0.1) is 5.82 Å². The summed E-state index contributed by atoms with van der Waals surface area (Å²) in [6.07, 6.45) is 3.65. The van der Waals surface area contributed by atoms with Crippen molar-refractivity contribution in [2.24, 2.45) is 0 Å². The molecule has 0 spiro atoms. The second-order valence-corrected chi connectivity index (χ2v) is 6.44. The van der Waals surface area contributed by atoms with Gasteiger partial charge in [0, 0.05) is 44.9 Å². The predicted octanol–water partition coefficient (Wildman–Crippen LogP) is 3.31. The molecule has 1 aliphatic heterocycles. The Morgan fingerprint density at radius 3 is 2.71 bits per heavy atom. The van der Waals surface area contributed by atoms with Gasteiger partial charge in [0.15, 0.2) is 0 Å². The van der Waals surface area contributed by atoms with E-state index in [0.29, 0.717) is 12.1 Å². The summed E-state index contributed by atoms with van der Waals surface area (Å²) in [7, 11) is 3.81. The van der Waals surface area contributed by atoms with Crippen LogP contribution in [-0.2, 0) is 0 Å². The van der Waals surface area contributed by atoms with E-state index in [4.69, 9.17) is 0 Å². The standard InChI is InChI=1S/C19H22FN3O/c1-22(2)18-12-15(9-10-21-18)19(24)23-11-3-4-16(13-23)14-5-7-17(20)8-6-14/h5-10,12,16H,3-4,11,13H2,1-2H3/t16-/m0/s1. The van der Waals surface area contributed by atoms with Crippen LogP contribution < -0.4 is 4.90 Å². The number of aromatic nitrogens is 1. The second kappa shape index (κ2) is 6.99. The van der Waals surface area contributed by atoms with Gasteiger partial charge in [-0.2, -0.15) is 0 Å². The van der Waals surface area contributed by atoms with Crippen molar-refractivity contribution in [3.63, 3.8) is 0 Å². The number of carbonyl (C=O) groups excluding carboxylic acids is 1. The molecule has 0 saturated carbocycles. The van der Waals surface area contributed by atoms with Gasteiger partial charge in [-0.05, 0) is 42.7 Å². The van der Waals surface area contributed by atoms with Gasteiger partial charge in [0.2, 0.25) is 0 Å². The zero-order valence-electron chi connectivity index (χ0n) is 14.1. The molecule has 24 heavy (non-hydrogen) atoms. The van der Waals surface area contributed by atoms with E-state index in [1.807, 2.05) is 42.1 Å². The van der Waals surface area contributed by atoms with Crippen molar-refractivity contribution in [2.45, 2.75) is 18.8 Å². The lowest BCUT2D eigenvalue weighted by Gasteiger charge is -2.33. The van der Waals surface area contributed by atoms with E-state index in [-0.39, 0.29) is 17.6 Å². The zero-order chi connectivity index (χ0) is 17.1. The minimum absolute atomic E-state index is 0.0345. The van der Waals surface area contributed by atoms with Crippen molar-refractivity contribution >= 4 is 11.7 Å². The van der Waals surface area contributed by atoms with Gasteiger partial charge in [-0.15, -0.1) is 0 Å². The molecule has 0 N–H and O–H groups in total. The molecule has 4 nitrogen and oxygen atoms in total. The van der Waals surface area contributed by atoms with E-state index >= 15 is 0 Å². The van der Waals surface area contributed by atoms with Crippen LogP contribution >= 0.6 is 0 Å². The molecule has 0 unspecified atom stereocenters. The number of hydrogen-bond acceptors (Lipinski definition) is 3. The number of pyridine rings is 1. The highest BCUT2D eigenvalue weighted by Crippen LogP contribution is 2.28. The molecule has 0 bridgehead atoms. The van der Waals surface area contributed by atoms with Gasteiger partial charge in [-0.25, -0.2) is 9.37 Å². The Morgan fingerprint density at radius 1 is 1.25 bits per heavy atom. The van der Waals surface area contributed by atoms with Crippen molar-refractivity contribution in [1.29, 1.82) is 0 Å². The molecule has 1 amide bonds. The number of halogens is 1. The highest BCUT2D eigenvalue weighted by atomic mass is 19.1. The number of nitrogens with zero attached hydrogens (tertiary/aromatic N) is 3. The molecule has 1 atom stereocenters. The summed E-state index contributed by atoms with van der Waals surface area (Å²) in [5.41, 5.74) is 1.76. The van der Waals surface area contributed by atoms with Gasteiger partial charge >= 0.3 is 0 Å². The summed E-state index contributed by atoms with van der Waals surface area (Å²) in [6, 6.07) is 10.2. The minimum atomic E-state index is -0.226. The molecule has 2 heterocycles. The Kier molecular flexibility index (Phi) is 4.79. The molecule has 1 aromatic heterocycles. The first-order valence-electron chi connectivity index (χ1n) is 8.22. The lowest BCUT2D eigenvalue weighted by Crippen LogP contribution is -2.39. The normalized spacial score (nSPS) is 17.6. The molecule has 1 aromatic carbocycles. The van der Waals surface area contributed by atoms with Gasteiger partial charge in [0.05, 0.1) is 0 Å². The fourth-order valence-electron chi connectivity index (χ4n) is 3.15. The summed E-state index contributed by atoms with van der Waals surface area (Å²) in [5, 5.41) is 0. The molecular weight excluding hydrogens is 305 g/mol. The second-order valence-electron chi connectivity index (χ2n) is 6.44. The molecule has 1 saturated heterocycles. The van der Waals surface area contributed by atoms with Crippen LogP contribution in [0.3, 0.4) is 0 Å². The highest BCUT2D eigenvalue weighted by Gasteiger charge is 2.25. The van der Waals surface area contributed by atoms with Gasteiger partial charge < -0.3 is 9.80 Å². The highest BCUT2D eigenvalue weighted by molar-refractivity contribution is 5.95. The lowest BCUT2D eigenvalue weighted by atomic mass is 9.90. The van der Waals surface area contributed by atoms with E-state index in [9.17, 15) is 9.18 Å². The number of likely N-dealkylation sites (tertiary alicyclic amines) is 1. The van der Waals surface area contributed by atoms with Crippen LogP contribution in [0.15, 0.2) is 42.6 Å². The summed E-state index contributed by atoms with van der Waals surface area (Å²) in [5.74, 6) is 0.842. The maximum atomic E-state index is 13.1. The van der Waals surface area contributed by atoms with Gasteiger partial charge in [0.25, 0.3) is 5.91 Å². The Hall–Kier alpha value is -2.43. The van der Waals surface area contributed by atoms with Crippen molar-refractivity contribution in [2.75, 3.05) is 32.1 Å². The van der Waals surface area contributed by atoms with E-state index < -0.39 is 0 Å². The molecule has 2 aromatic rings. The van der Waals surface area contributed by atoms with Crippen LogP contribution in [0.1, 0.15) is 34.7 Å². The first kappa shape index (κ1) is 16.4. The number of amides is 1. The fourth-order valence-corrected chi connectivity index (χ4v) is 3.15. The molecule has 1 fully saturated rings. The third kappa shape index (κ3) is 3.55. The van der Waals surface area contributed by atoms with Crippen LogP contribution in [0.4, 0.5) is 10.2 Å². The molecule has 1 aliphatic rings. The zero-order valence-corrected chi connectivity index (χ0v) is 14.1. The average Bonchev–Trinajstić information content (AvgIpc) is 2.62. The van der Waals surface area contributed by atoms with Gasteiger partial charge in [0.1, 0.15) is 11.6 Å². The maximum absolute atomic E-state index is 13.1. The number of piperidine rings is 1. The Labute approximate surface area is 141 Å². The van der Waals surface area contributed by atoms with E-state index in [1.54, 1.807) is 12.3 Å². The van der Waals surface area contributed by atoms with Crippen molar-refractivity contribution < 1.29 is 9.18 Å². The number of benzene rings is 1. The average molecular weight is 327 g/mol. The Bertz CT molecular complexity index is 715. The number of rotatable bonds is 3. The van der Waals surface area contributed by atoms with Crippen molar-refractivity contribution in [1.82, 2.24) is 9.88 Å². The van der Waals surface area contributed by atoms with Crippen LogP contribution in [0.2, 0.25) is 0 Å². The quantitative estimate of drug-likeness (QED) is 0.868. The van der Waals surface area contributed by atoms with E-state index in [0.717, 1.165) is 30.8 Å². The first-order chi connectivity index (χ1) is 11.5. The number of anilines is 1. The molecule has 5 heteroatoms. The third-order valence-electron chi connectivity index (χ3n) is 4.50. The van der Waals surface area contributed by atoms with Crippen LogP contribution in [0.25, 0.3) is 0 Å². The largest absolute Gasteiger partial charge is 0.363 e. The van der Waals surface area contributed by atoms with Crippen LogP contribution in [-0.4, -0.2) is 43.0 Å². The SMILES string of the molecule is CN(C)c1cc(C(=O)N2CCC[C@H](c3ccc(F)cc3)C2)ccn1. The maximum Gasteiger partial charge on any atom is 0.254 e. The van der Waals surface area contributed by atoms with E-state index in [2.05, 4.69) is 4.98 Å². The molecule has 0 radical (unpaired) electrons. The summed E-state index contributed by atoms with van der Waals surface area (Å²) >= 11 is 0. The van der Waals surface area contributed by atoms with Crippen molar-refractivity contribution in [3.05, 3.63) is 59.5 Å². The third-order valence-corrected chi connectivity index (χ3v) is 4.50. The van der Waals surface area contributed by atoms with E-state index in [1.165, 1.54) is 12.1 Å². The fraction of sp³-hybridized carbons (Fsp3) is 0.368. The summed E-state index contributed by atoms with van der Waals surface area (Å²) in [4.78, 5) is 20.9. The Balaban J connectivity index is 1.75. The summed E-state index contributed by atoms with van der Waals surface area (Å²) in [6.45, 7) is 1.43.